The highest BCUT2D eigenvalue weighted by Crippen LogP contribution is 2.37. The van der Waals surface area contributed by atoms with Gasteiger partial charge >= 0.3 is 3.93 Å². The first-order valence-electron chi connectivity index (χ1n) is 5.78. The molecule has 0 aliphatic heterocycles. The van der Waals surface area contributed by atoms with Gasteiger partial charge in [-0.3, -0.25) is 0 Å². The van der Waals surface area contributed by atoms with E-state index in [2.05, 4.69) is 4.40 Å². The first kappa shape index (κ1) is 17.8. The lowest BCUT2D eigenvalue weighted by Gasteiger charge is -2.19. The van der Waals surface area contributed by atoms with Crippen LogP contribution in [0.5, 0.6) is 0 Å². The van der Waals surface area contributed by atoms with Crippen LogP contribution in [0, 0.1) is 5.82 Å². The first-order chi connectivity index (χ1) is 8.94. The van der Waals surface area contributed by atoms with Gasteiger partial charge in [0.1, 0.15) is 21.9 Å². The van der Waals surface area contributed by atoms with Crippen molar-refractivity contribution in [3.05, 3.63) is 35.1 Å². The molecule has 0 aromatic heterocycles. The summed E-state index contributed by atoms with van der Waals surface area (Å²) in [6, 6.07) is 3.71. The SMILES string of the molecule is C/C(=N\[S+]([O-])C(C)(C)C)c1cccc(C(F)(F)I)c1F. The molecule has 2 nitrogen and oxygen atoms in total. The number of halogens is 4. The third kappa shape index (κ3) is 4.36. The van der Waals surface area contributed by atoms with Crippen LogP contribution in [0.2, 0.25) is 0 Å². The second kappa shape index (κ2) is 6.23. The van der Waals surface area contributed by atoms with Crippen molar-refractivity contribution in [3.63, 3.8) is 0 Å². The third-order valence-corrected chi connectivity index (χ3v) is 4.51. The van der Waals surface area contributed by atoms with Crippen LogP contribution in [-0.2, 0) is 15.3 Å². The molecule has 0 saturated heterocycles. The summed E-state index contributed by atoms with van der Waals surface area (Å²) in [5.41, 5.74) is -0.624. The first-order valence-corrected chi connectivity index (χ1v) is 7.96. The van der Waals surface area contributed by atoms with Crippen molar-refractivity contribution in [2.24, 2.45) is 4.40 Å². The van der Waals surface area contributed by atoms with Crippen molar-refractivity contribution in [1.29, 1.82) is 0 Å². The van der Waals surface area contributed by atoms with E-state index >= 15 is 0 Å². The molecule has 112 valence electrons. The lowest BCUT2D eigenvalue weighted by atomic mass is 10.1. The van der Waals surface area contributed by atoms with Gasteiger partial charge in [0.15, 0.2) is 0 Å². The Labute approximate surface area is 133 Å². The predicted octanol–water partition coefficient (Wildman–Crippen LogP) is 4.58. The molecule has 0 fully saturated rings. The molecule has 1 rings (SSSR count). The molecular formula is C13H15F3INOS. The third-order valence-electron chi connectivity index (χ3n) is 2.44. The lowest BCUT2D eigenvalue weighted by Crippen LogP contribution is -2.27. The van der Waals surface area contributed by atoms with E-state index in [1.165, 1.54) is 19.1 Å². The van der Waals surface area contributed by atoms with Crippen molar-refractivity contribution in [2.75, 3.05) is 0 Å². The van der Waals surface area contributed by atoms with Crippen molar-refractivity contribution in [1.82, 2.24) is 0 Å². The molecule has 0 saturated carbocycles. The van der Waals surface area contributed by atoms with E-state index in [1.807, 2.05) is 0 Å². The largest absolute Gasteiger partial charge is 0.591 e. The summed E-state index contributed by atoms with van der Waals surface area (Å²) in [7, 11) is 0. The van der Waals surface area contributed by atoms with Crippen molar-refractivity contribution in [3.8, 4) is 0 Å². The van der Waals surface area contributed by atoms with Gasteiger partial charge in [0.25, 0.3) is 0 Å². The Hall–Kier alpha value is -0.280. The van der Waals surface area contributed by atoms with Crippen LogP contribution >= 0.6 is 22.6 Å². The zero-order valence-electron chi connectivity index (χ0n) is 11.5. The van der Waals surface area contributed by atoms with E-state index in [0.717, 1.165) is 28.7 Å². The summed E-state index contributed by atoms with van der Waals surface area (Å²) in [6.07, 6.45) is 0. The summed E-state index contributed by atoms with van der Waals surface area (Å²) in [6.45, 7) is 6.64. The quantitative estimate of drug-likeness (QED) is 0.307. The highest BCUT2D eigenvalue weighted by molar-refractivity contribution is 14.1. The molecule has 0 aliphatic rings. The molecule has 0 aliphatic carbocycles. The summed E-state index contributed by atoms with van der Waals surface area (Å²) in [5.74, 6) is -1.03. The zero-order valence-corrected chi connectivity index (χ0v) is 14.5. The number of benzene rings is 1. The molecule has 0 radical (unpaired) electrons. The fourth-order valence-corrected chi connectivity index (χ4v) is 2.38. The van der Waals surface area contributed by atoms with Crippen molar-refractivity contribution < 1.29 is 17.7 Å². The smallest absolute Gasteiger partial charge is 0.324 e. The summed E-state index contributed by atoms with van der Waals surface area (Å²) >= 11 is -0.699. The molecule has 0 spiro atoms. The average molecular weight is 417 g/mol. The molecule has 1 aromatic rings. The van der Waals surface area contributed by atoms with Gasteiger partial charge in [-0.2, -0.15) is 8.78 Å². The van der Waals surface area contributed by atoms with Gasteiger partial charge in [-0.1, -0.05) is 16.5 Å². The topological polar surface area (TPSA) is 35.4 Å². The molecule has 0 amide bonds. The monoisotopic (exact) mass is 417 g/mol. The summed E-state index contributed by atoms with van der Waals surface area (Å²) in [4.78, 5) is 0. The Bertz CT molecular complexity index is 523. The minimum Gasteiger partial charge on any atom is -0.591 e. The summed E-state index contributed by atoms with van der Waals surface area (Å²) < 4.78 is 52.5. The van der Waals surface area contributed by atoms with Gasteiger partial charge in [0, 0.05) is 28.2 Å². The van der Waals surface area contributed by atoms with Crippen LogP contribution in [0.3, 0.4) is 0 Å². The van der Waals surface area contributed by atoms with Gasteiger partial charge in [-0.15, -0.1) is 0 Å². The van der Waals surface area contributed by atoms with E-state index in [9.17, 15) is 17.7 Å². The molecule has 1 unspecified atom stereocenters. The highest BCUT2D eigenvalue weighted by Gasteiger charge is 2.32. The van der Waals surface area contributed by atoms with Crippen molar-refractivity contribution >= 4 is 39.7 Å². The van der Waals surface area contributed by atoms with Crippen LogP contribution in [0.1, 0.15) is 38.8 Å². The number of rotatable bonds is 3. The number of hydrogen-bond donors (Lipinski definition) is 0. The molecular weight excluding hydrogens is 402 g/mol. The Morgan fingerprint density at radius 3 is 2.30 bits per heavy atom. The maximum Gasteiger partial charge on any atom is 0.324 e. The van der Waals surface area contributed by atoms with Gasteiger partial charge in [-0.05, 0) is 33.8 Å². The normalized spacial score (nSPS) is 15.3. The van der Waals surface area contributed by atoms with Crippen LogP contribution in [0.15, 0.2) is 22.6 Å². The Morgan fingerprint density at radius 2 is 1.85 bits per heavy atom. The summed E-state index contributed by atoms with van der Waals surface area (Å²) in [5, 5.41) is 0. The van der Waals surface area contributed by atoms with Crippen LogP contribution in [0.4, 0.5) is 13.2 Å². The molecule has 20 heavy (non-hydrogen) atoms. The predicted molar refractivity (Wildman–Crippen MR) is 84.4 cm³/mol. The maximum absolute atomic E-state index is 14.1. The lowest BCUT2D eigenvalue weighted by molar-refractivity contribution is 0.122. The minimum atomic E-state index is -3.30. The van der Waals surface area contributed by atoms with E-state index in [1.54, 1.807) is 20.8 Å². The Kier molecular flexibility index (Phi) is 5.53. The van der Waals surface area contributed by atoms with Gasteiger partial charge in [0.2, 0.25) is 0 Å². The van der Waals surface area contributed by atoms with Gasteiger partial charge < -0.3 is 4.55 Å². The maximum atomic E-state index is 14.1. The number of nitrogens with zero attached hydrogens (tertiary/aromatic N) is 1. The molecule has 0 bridgehead atoms. The van der Waals surface area contributed by atoms with Crippen LogP contribution in [-0.4, -0.2) is 15.0 Å². The van der Waals surface area contributed by atoms with Crippen LogP contribution in [0.25, 0.3) is 0 Å². The average Bonchev–Trinajstić information content (AvgIpc) is 2.26. The van der Waals surface area contributed by atoms with Gasteiger partial charge in [0.05, 0.1) is 11.3 Å². The minimum absolute atomic E-state index is 0.0589. The number of hydrogen-bond acceptors (Lipinski definition) is 2. The van der Waals surface area contributed by atoms with Crippen LogP contribution < -0.4 is 0 Å². The molecule has 0 N–H and O–H groups in total. The molecule has 0 heterocycles. The standard InChI is InChI=1S/C13H15F3INOS/c1-8(18-20(19)12(2,3)4)9-6-5-7-10(11(9)14)13(15,16)17/h5-7H,1-4H3/b18-8+. The number of alkyl halides is 3. The molecule has 1 atom stereocenters. The van der Waals surface area contributed by atoms with Crippen molar-refractivity contribution in [2.45, 2.75) is 36.4 Å². The Morgan fingerprint density at radius 1 is 1.30 bits per heavy atom. The highest BCUT2D eigenvalue weighted by atomic mass is 127. The van der Waals surface area contributed by atoms with E-state index in [-0.39, 0.29) is 11.3 Å². The Balaban J connectivity index is 3.25. The van der Waals surface area contributed by atoms with Gasteiger partial charge in [-0.25, -0.2) is 4.39 Å². The van der Waals surface area contributed by atoms with E-state index < -0.39 is 31.4 Å². The second-order valence-electron chi connectivity index (χ2n) is 5.20. The zero-order chi connectivity index (χ0) is 15.7. The second-order valence-corrected chi connectivity index (χ2v) is 8.46. The fourth-order valence-electron chi connectivity index (χ4n) is 1.34. The fraction of sp³-hybridized carbons (Fsp3) is 0.462. The van der Waals surface area contributed by atoms with E-state index in [4.69, 9.17) is 0 Å². The van der Waals surface area contributed by atoms with E-state index in [0.29, 0.717) is 0 Å². The molecule has 1 aromatic carbocycles. The molecule has 7 heteroatoms.